The molecule has 1 atom stereocenters. The molecular formula is C15H18FNO3. The molecule has 1 amide bonds. The first-order chi connectivity index (χ1) is 9.49. The predicted molar refractivity (Wildman–Crippen MR) is 71.8 cm³/mol. The van der Waals surface area contributed by atoms with Gasteiger partial charge in [-0.25, -0.2) is 9.18 Å². The number of carbonyl (C=O) groups excluding carboxylic acids is 1. The second-order valence-corrected chi connectivity index (χ2v) is 5.24. The average Bonchev–Trinajstić information content (AvgIpc) is 3.20. The van der Waals surface area contributed by atoms with Gasteiger partial charge in [-0.2, -0.15) is 0 Å². The minimum Gasteiger partial charge on any atom is -0.480 e. The van der Waals surface area contributed by atoms with Crippen molar-refractivity contribution in [3.63, 3.8) is 0 Å². The van der Waals surface area contributed by atoms with Crippen molar-refractivity contribution < 1.29 is 19.1 Å². The normalized spacial score (nSPS) is 17.3. The molecule has 0 heterocycles. The molecule has 1 aromatic carbocycles. The highest BCUT2D eigenvalue weighted by Gasteiger charge is 2.51. The summed E-state index contributed by atoms with van der Waals surface area (Å²) in [6.45, 7) is 1.87. The van der Waals surface area contributed by atoms with E-state index in [1.807, 2.05) is 6.92 Å². The van der Waals surface area contributed by atoms with E-state index in [1.165, 1.54) is 12.1 Å². The molecule has 0 unspecified atom stereocenters. The van der Waals surface area contributed by atoms with Gasteiger partial charge in [0.1, 0.15) is 11.9 Å². The Balaban J connectivity index is 2.12. The van der Waals surface area contributed by atoms with Crippen LogP contribution >= 0.6 is 0 Å². The van der Waals surface area contributed by atoms with Crippen molar-refractivity contribution in [1.29, 1.82) is 0 Å². The van der Waals surface area contributed by atoms with Gasteiger partial charge < -0.3 is 10.4 Å². The first kappa shape index (κ1) is 14.5. The lowest BCUT2D eigenvalue weighted by molar-refractivity contribution is -0.142. The van der Waals surface area contributed by atoms with Crippen molar-refractivity contribution in [3.8, 4) is 0 Å². The molecule has 0 aromatic heterocycles. The molecule has 108 valence electrons. The third-order valence-electron chi connectivity index (χ3n) is 3.76. The number of carbonyl (C=O) groups is 2. The number of nitrogens with one attached hydrogen (secondary N) is 1. The average molecular weight is 279 g/mol. The molecular weight excluding hydrogens is 261 g/mol. The third-order valence-corrected chi connectivity index (χ3v) is 3.76. The Morgan fingerprint density at radius 3 is 2.40 bits per heavy atom. The molecule has 2 N–H and O–H groups in total. The smallest absolute Gasteiger partial charge is 0.326 e. The van der Waals surface area contributed by atoms with E-state index in [2.05, 4.69) is 5.32 Å². The number of hydrogen-bond acceptors (Lipinski definition) is 2. The Labute approximate surface area is 117 Å². The van der Waals surface area contributed by atoms with Crippen LogP contribution in [0.4, 0.5) is 4.39 Å². The minimum absolute atomic E-state index is 0.273. The quantitative estimate of drug-likeness (QED) is 0.839. The van der Waals surface area contributed by atoms with Gasteiger partial charge in [0.25, 0.3) is 0 Å². The highest BCUT2D eigenvalue weighted by atomic mass is 19.1. The Bertz CT molecular complexity index is 508. The monoisotopic (exact) mass is 279 g/mol. The summed E-state index contributed by atoms with van der Waals surface area (Å²) in [4.78, 5) is 23.4. The predicted octanol–water partition coefficient (Wildman–Crippen LogP) is 2.23. The molecule has 2 rings (SSSR count). The number of rotatable bonds is 6. The summed E-state index contributed by atoms with van der Waals surface area (Å²) in [6.07, 6.45) is 2.42. The molecule has 0 bridgehead atoms. The molecule has 4 nitrogen and oxygen atoms in total. The summed E-state index contributed by atoms with van der Waals surface area (Å²) in [5, 5.41) is 11.7. The van der Waals surface area contributed by atoms with Gasteiger partial charge in [-0.1, -0.05) is 25.5 Å². The van der Waals surface area contributed by atoms with Crippen LogP contribution in [-0.4, -0.2) is 23.0 Å². The molecule has 1 aliphatic carbocycles. The Morgan fingerprint density at radius 1 is 1.35 bits per heavy atom. The summed E-state index contributed by atoms with van der Waals surface area (Å²) in [5.41, 5.74) is 0.0758. The molecule has 1 aromatic rings. The number of carboxylic acids is 1. The van der Waals surface area contributed by atoms with Crippen molar-refractivity contribution in [3.05, 3.63) is 35.6 Å². The van der Waals surface area contributed by atoms with Gasteiger partial charge in [0.05, 0.1) is 5.41 Å². The first-order valence-electron chi connectivity index (χ1n) is 6.79. The van der Waals surface area contributed by atoms with Crippen LogP contribution in [0.5, 0.6) is 0 Å². The highest BCUT2D eigenvalue weighted by molar-refractivity contribution is 5.93. The number of hydrogen-bond donors (Lipinski definition) is 2. The topological polar surface area (TPSA) is 66.4 Å². The standard InChI is InChI=1S/C15H18FNO3/c1-2-3-12(13(18)19)17-14(20)15(8-9-15)10-4-6-11(16)7-5-10/h4-7,12H,2-3,8-9H2,1H3,(H,17,20)(H,18,19)/t12-/m0/s1. The van der Waals surface area contributed by atoms with Crippen molar-refractivity contribution in [1.82, 2.24) is 5.32 Å². The van der Waals surface area contributed by atoms with Crippen molar-refractivity contribution in [2.24, 2.45) is 0 Å². The molecule has 20 heavy (non-hydrogen) atoms. The van der Waals surface area contributed by atoms with E-state index in [-0.39, 0.29) is 11.7 Å². The van der Waals surface area contributed by atoms with Gasteiger partial charge in [0.15, 0.2) is 0 Å². The van der Waals surface area contributed by atoms with Gasteiger partial charge in [-0.05, 0) is 37.0 Å². The zero-order valence-corrected chi connectivity index (χ0v) is 11.4. The summed E-state index contributed by atoms with van der Waals surface area (Å²) in [5.74, 6) is -1.64. The van der Waals surface area contributed by atoms with Gasteiger partial charge >= 0.3 is 5.97 Å². The van der Waals surface area contributed by atoms with Crippen molar-refractivity contribution >= 4 is 11.9 Å². The molecule has 1 saturated carbocycles. The summed E-state index contributed by atoms with van der Waals surface area (Å²) >= 11 is 0. The van der Waals surface area contributed by atoms with Crippen LogP contribution in [-0.2, 0) is 15.0 Å². The fourth-order valence-electron chi connectivity index (χ4n) is 2.38. The molecule has 0 radical (unpaired) electrons. The van der Waals surface area contributed by atoms with E-state index in [4.69, 9.17) is 5.11 Å². The van der Waals surface area contributed by atoms with E-state index in [9.17, 15) is 14.0 Å². The molecule has 5 heteroatoms. The van der Waals surface area contributed by atoms with Gasteiger partial charge in [-0.3, -0.25) is 4.79 Å². The fraction of sp³-hybridized carbons (Fsp3) is 0.467. The van der Waals surface area contributed by atoms with E-state index >= 15 is 0 Å². The molecule has 0 spiro atoms. The Kier molecular flexibility index (Phi) is 4.06. The molecule has 1 aliphatic rings. The minimum atomic E-state index is -1.02. The van der Waals surface area contributed by atoms with Crippen LogP contribution in [0.3, 0.4) is 0 Å². The lowest BCUT2D eigenvalue weighted by Gasteiger charge is -2.19. The van der Waals surface area contributed by atoms with E-state index in [0.29, 0.717) is 25.7 Å². The lowest BCUT2D eigenvalue weighted by atomic mass is 9.94. The van der Waals surface area contributed by atoms with Gasteiger partial charge in [0.2, 0.25) is 5.91 Å². The largest absolute Gasteiger partial charge is 0.480 e. The maximum Gasteiger partial charge on any atom is 0.326 e. The maximum atomic E-state index is 12.9. The number of halogens is 1. The Hall–Kier alpha value is -1.91. The fourth-order valence-corrected chi connectivity index (χ4v) is 2.38. The van der Waals surface area contributed by atoms with Crippen LogP contribution < -0.4 is 5.32 Å². The second kappa shape index (κ2) is 5.61. The summed E-state index contributed by atoms with van der Waals surface area (Å²) in [6, 6.07) is 4.98. The van der Waals surface area contributed by atoms with Crippen LogP contribution in [0, 0.1) is 5.82 Å². The number of carboxylic acid groups (broad SMARTS) is 1. The number of aliphatic carboxylic acids is 1. The van der Waals surface area contributed by atoms with Crippen LogP contribution in [0.2, 0.25) is 0 Å². The maximum absolute atomic E-state index is 12.9. The van der Waals surface area contributed by atoms with Crippen LogP contribution in [0.15, 0.2) is 24.3 Å². The molecule has 0 saturated heterocycles. The SMILES string of the molecule is CCC[C@H](NC(=O)C1(c2ccc(F)cc2)CC1)C(=O)O. The van der Waals surface area contributed by atoms with Gasteiger partial charge in [-0.15, -0.1) is 0 Å². The van der Waals surface area contributed by atoms with Crippen LogP contribution in [0.1, 0.15) is 38.2 Å². The van der Waals surface area contributed by atoms with E-state index in [0.717, 1.165) is 5.56 Å². The number of benzene rings is 1. The first-order valence-corrected chi connectivity index (χ1v) is 6.79. The zero-order chi connectivity index (χ0) is 14.8. The van der Waals surface area contributed by atoms with E-state index < -0.39 is 17.4 Å². The van der Waals surface area contributed by atoms with Crippen molar-refractivity contribution in [2.45, 2.75) is 44.1 Å². The number of amides is 1. The van der Waals surface area contributed by atoms with Gasteiger partial charge in [0, 0.05) is 0 Å². The lowest BCUT2D eigenvalue weighted by Crippen LogP contribution is -2.45. The Morgan fingerprint density at radius 2 is 1.95 bits per heavy atom. The molecule has 0 aliphatic heterocycles. The van der Waals surface area contributed by atoms with E-state index in [1.54, 1.807) is 12.1 Å². The molecule has 1 fully saturated rings. The highest BCUT2D eigenvalue weighted by Crippen LogP contribution is 2.48. The van der Waals surface area contributed by atoms with Crippen molar-refractivity contribution in [2.75, 3.05) is 0 Å². The summed E-state index contributed by atoms with van der Waals surface area (Å²) in [7, 11) is 0. The zero-order valence-electron chi connectivity index (χ0n) is 11.4. The van der Waals surface area contributed by atoms with Crippen LogP contribution in [0.25, 0.3) is 0 Å². The third kappa shape index (κ3) is 2.81. The second-order valence-electron chi connectivity index (χ2n) is 5.24. The summed E-state index contributed by atoms with van der Waals surface area (Å²) < 4.78 is 12.9.